The molecule has 0 spiro atoms. The van der Waals surface area contributed by atoms with E-state index in [2.05, 4.69) is 10.1 Å². The molecule has 3 aromatic rings. The monoisotopic (exact) mass is 428 g/mol. The van der Waals surface area contributed by atoms with E-state index >= 15 is 0 Å². The molecule has 28 heavy (non-hydrogen) atoms. The number of pyridine rings is 1. The lowest BCUT2D eigenvalue weighted by Crippen LogP contribution is -2.27. The normalized spacial score (nSPS) is 11.5. The Morgan fingerprint density at radius 2 is 1.82 bits per heavy atom. The molecular formula is C18H13Cl2F3N4O. The Balaban J connectivity index is 1.91. The molecule has 0 aliphatic heterocycles. The smallest absolute Gasteiger partial charge is 0.368 e. The lowest BCUT2D eigenvalue weighted by atomic mass is 10.2. The number of halogens is 5. The lowest BCUT2D eigenvalue weighted by molar-refractivity contribution is -0.137. The number of nitrogens with zero attached hydrogens (tertiary/aromatic N) is 4. The van der Waals surface area contributed by atoms with Gasteiger partial charge in [-0.2, -0.15) is 23.0 Å². The quantitative estimate of drug-likeness (QED) is 0.609. The van der Waals surface area contributed by atoms with Crippen LogP contribution in [0.1, 0.15) is 11.1 Å². The van der Waals surface area contributed by atoms with Crippen LogP contribution in [0.25, 0.3) is 5.82 Å². The first kappa shape index (κ1) is 20.2. The summed E-state index contributed by atoms with van der Waals surface area (Å²) >= 11 is 12.3. The van der Waals surface area contributed by atoms with Crippen molar-refractivity contribution in [3.8, 4) is 5.82 Å². The third-order valence-electron chi connectivity index (χ3n) is 3.97. The summed E-state index contributed by atoms with van der Waals surface area (Å²) in [4.78, 5) is 17.9. The maximum absolute atomic E-state index is 12.7. The molecule has 3 rings (SSSR count). The van der Waals surface area contributed by atoms with E-state index in [4.69, 9.17) is 23.2 Å². The summed E-state index contributed by atoms with van der Waals surface area (Å²) in [7, 11) is 1.71. The van der Waals surface area contributed by atoms with Crippen molar-refractivity contribution in [3.63, 3.8) is 0 Å². The minimum absolute atomic E-state index is 0.0693. The first-order valence-corrected chi connectivity index (χ1v) is 8.70. The maximum Gasteiger partial charge on any atom is 0.417 e. The summed E-state index contributed by atoms with van der Waals surface area (Å²) in [6.07, 6.45) is -2.54. The fourth-order valence-corrected chi connectivity index (χ4v) is 2.97. The molecule has 0 unspecified atom stereocenters. The molecular weight excluding hydrogens is 416 g/mol. The summed E-state index contributed by atoms with van der Waals surface area (Å²) in [6, 6.07) is 9.11. The Kier molecular flexibility index (Phi) is 5.62. The van der Waals surface area contributed by atoms with Gasteiger partial charge in [-0.15, -0.1) is 0 Å². The van der Waals surface area contributed by atoms with Gasteiger partial charge >= 0.3 is 6.18 Å². The second-order valence-corrected chi connectivity index (χ2v) is 6.70. The SMILES string of the molecule is CN(Cc1ccccc1Cl)c1cnn(-c2ccc(C(F)(F)F)cn2)c(=O)c1Cl. The Labute approximate surface area is 168 Å². The predicted octanol–water partition coefficient (Wildman–Crippen LogP) is 4.59. The first-order chi connectivity index (χ1) is 13.2. The van der Waals surface area contributed by atoms with Crippen LogP contribution in [0.5, 0.6) is 0 Å². The minimum atomic E-state index is -4.52. The number of rotatable bonds is 4. The Morgan fingerprint density at radius 3 is 2.43 bits per heavy atom. The van der Waals surface area contributed by atoms with Crippen molar-refractivity contribution in [2.24, 2.45) is 0 Å². The highest BCUT2D eigenvalue weighted by Crippen LogP contribution is 2.29. The highest BCUT2D eigenvalue weighted by Gasteiger charge is 2.30. The van der Waals surface area contributed by atoms with E-state index in [0.29, 0.717) is 23.5 Å². The lowest BCUT2D eigenvalue weighted by Gasteiger charge is -2.21. The molecule has 0 aliphatic carbocycles. The van der Waals surface area contributed by atoms with Gasteiger partial charge in [-0.05, 0) is 23.8 Å². The molecule has 2 heterocycles. The van der Waals surface area contributed by atoms with Gasteiger partial charge in [0.2, 0.25) is 0 Å². The average Bonchev–Trinajstić information content (AvgIpc) is 2.65. The minimum Gasteiger partial charge on any atom is -0.368 e. The summed E-state index contributed by atoms with van der Waals surface area (Å²) in [5.41, 5.74) is -0.435. The Morgan fingerprint density at radius 1 is 1.11 bits per heavy atom. The molecule has 10 heteroatoms. The van der Waals surface area contributed by atoms with Crippen molar-refractivity contribution in [1.29, 1.82) is 0 Å². The van der Waals surface area contributed by atoms with Crippen LogP contribution in [0.15, 0.2) is 53.6 Å². The van der Waals surface area contributed by atoms with Gasteiger partial charge in [-0.25, -0.2) is 4.98 Å². The van der Waals surface area contributed by atoms with Crippen LogP contribution in [0, 0.1) is 0 Å². The molecule has 0 aliphatic rings. The van der Waals surface area contributed by atoms with E-state index < -0.39 is 17.3 Å². The summed E-state index contributed by atoms with van der Waals surface area (Å²) in [5, 5.41) is 4.42. The second-order valence-electron chi connectivity index (χ2n) is 5.91. The van der Waals surface area contributed by atoms with Gasteiger partial charge in [0.1, 0.15) is 5.02 Å². The number of hydrogen-bond donors (Lipinski definition) is 0. The molecule has 0 amide bonds. The van der Waals surface area contributed by atoms with Crippen molar-refractivity contribution < 1.29 is 13.2 Å². The van der Waals surface area contributed by atoms with Crippen LogP contribution in [0.3, 0.4) is 0 Å². The van der Waals surface area contributed by atoms with E-state index in [9.17, 15) is 18.0 Å². The van der Waals surface area contributed by atoms with Gasteiger partial charge in [0.25, 0.3) is 5.56 Å². The molecule has 146 valence electrons. The zero-order chi connectivity index (χ0) is 20.5. The Bertz CT molecular complexity index is 1050. The molecule has 0 saturated carbocycles. The van der Waals surface area contributed by atoms with Gasteiger partial charge in [-0.1, -0.05) is 41.4 Å². The van der Waals surface area contributed by atoms with Crippen LogP contribution in [-0.4, -0.2) is 21.8 Å². The van der Waals surface area contributed by atoms with Crippen LogP contribution in [-0.2, 0) is 12.7 Å². The number of alkyl halides is 3. The molecule has 0 atom stereocenters. The third kappa shape index (κ3) is 4.13. The first-order valence-electron chi connectivity index (χ1n) is 7.94. The van der Waals surface area contributed by atoms with Crippen molar-refractivity contribution >= 4 is 28.9 Å². The molecule has 0 N–H and O–H groups in total. The number of hydrogen-bond acceptors (Lipinski definition) is 4. The third-order valence-corrected chi connectivity index (χ3v) is 4.69. The van der Waals surface area contributed by atoms with E-state index in [1.807, 2.05) is 12.1 Å². The van der Waals surface area contributed by atoms with Gasteiger partial charge in [0.15, 0.2) is 5.82 Å². The van der Waals surface area contributed by atoms with Gasteiger partial charge in [0.05, 0.1) is 17.4 Å². The van der Waals surface area contributed by atoms with Crippen LogP contribution >= 0.6 is 23.2 Å². The van der Waals surface area contributed by atoms with Crippen LogP contribution in [0.4, 0.5) is 18.9 Å². The van der Waals surface area contributed by atoms with Crippen molar-refractivity contribution in [3.05, 3.63) is 80.3 Å². The maximum atomic E-state index is 12.7. The number of aromatic nitrogens is 3. The second kappa shape index (κ2) is 7.81. The largest absolute Gasteiger partial charge is 0.417 e. The fraction of sp³-hybridized carbons (Fsp3) is 0.167. The summed E-state index contributed by atoms with van der Waals surface area (Å²) in [6.45, 7) is 0.378. The average molecular weight is 429 g/mol. The number of benzene rings is 1. The highest BCUT2D eigenvalue weighted by molar-refractivity contribution is 6.33. The standard InChI is InChI=1S/C18H13Cl2F3N4O/c1-26(10-11-4-2-3-5-13(11)19)14-9-25-27(17(28)16(14)20)15-7-6-12(8-24-15)18(21,22)23/h2-9H,10H2,1H3. The molecule has 0 fully saturated rings. The van der Waals surface area contributed by atoms with E-state index in [0.717, 1.165) is 22.4 Å². The Hall–Kier alpha value is -2.58. The molecule has 0 bridgehead atoms. The van der Waals surface area contributed by atoms with E-state index in [1.165, 1.54) is 6.20 Å². The van der Waals surface area contributed by atoms with Gasteiger partial charge < -0.3 is 4.90 Å². The van der Waals surface area contributed by atoms with E-state index in [-0.39, 0.29) is 10.8 Å². The summed E-state index contributed by atoms with van der Waals surface area (Å²) < 4.78 is 38.8. The van der Waals surface area contributed by atoms with Gasteiger partial charge in [-0.3, -0.25) is 4.79 Å². The highest BCUT2D eigenvalue weighted by atomic mass is 35.5. The zero-order valence-electron chi connectivity index (χ0n) is 14.4. The molecule has 1 aromatic carbocycles. The molecule has 5 nitrogen and oxygen atoms in total. The number of anilines is 1. The molecule has 2 aromatic heterocycles. The van der Waals surface area contributed by atoms with Crippen molar-refractivity contribution in [1.82, 2.24) is 14.8 Å². The van der Waals surface area contributed by atoms with Gasteiger partial charge in [0, 0.05) is 24.8 Å². The zero-order valence-corrected chi connectivity index (χ0v) is 15.9. The predicted molar refractivity (Wildman–Crippen MR) is 101 cm³/mol. The van der Waals surface area contributed by atoms with Crippen molar-refractivity contribution in [2.75, 3.05) is 11.9 Å². The topological polar surface area (TPSA) is 51.0 Å². The van der Waals surface area contributed by atoms with E-state index in [1.54, 1.807) is 24.1 Å². The fourth-order valence-electron chi connectivity index (χ4n) is 2.50. The van der Waals surface area contributed by atoms with Crippen molar-refractivity contribution in [2.45, 2.75) is 12.7 Å². The van der Waals surface area contributed by atoms with Crippen LogP contribution in [0.2, 0.25) is 10.0 Å². The summed E-state index contributed by atoms with van der Waals surface area (Å²) in [5.74, 6) is -0.0693. The molecule has 0 radical (unpaired) electrons. The molecule has 0 saturated heterocycles. The van der Waals surface area contributed by atoms with Crippen LogP contribution < -0.4 is 10.5 Å².